The van der Waals surface area contributed by atoms with Crippen LogP contribution in [0.15, 0.2) is 41.0 Å². The third-order valence-corrected chi connectivity index (χ3v) is 2.61. The normalized spacial score (nSPS) is 10.3. The Morgan fingerprint density at radius 1 is 1.20 bits per heavy atom. The third-order valence-electron chi connectivity index (χ3n) is 2.18. The minimum atomic E-state index is 0.826. The fraction of sp³-hybridized carbons (Fsp3) is 0.167. The Kier molecular flexibility index (Phi) is 3.11. The van der Waals surface area contributed by atoms with E-state index in [1.807, 2.05) is 6.07 Å². The molecule has 0 spiro atoms. The summed E-state index contributed by atoms with van der Waals surface area (Å²) in [7, 11) is 0. The summed E-state index contributed by atoms with van der Waals surface area (Å²) in [5.41, 5.74) is 3.51. The average Bonchev–Trinajstić information content (AvgIpc) is 2.22. The number of benzene rings is 1. The van der Waals surface area contributed by atoms with Gasteiger partial charge in [-0.15, -0.1) is 0 Å². The van der Waals surface area contributed by atoms with Gasteiger partial charge < -0.3 is 0 Å². The quantitative estimate of drug-likeness (QED) is 0.831. The minimum absolute atomic E-state index is 0.826. The van der Waals surface area contributed by atoms with Crippen molar-refractivity contribution >= 4 is 15.9 Å². The van der Waals surface area contributed by atoms with Crippen molar-refractivity contribution in [2.24, 2.45) is 0 Å². The summed E-state index contributed by atoms with van der Waals surface area (Å²) >= 11 is 3.38. The standard InChI is InChI=1S/C12H11BrN2/c1-9-2-4-10(5-3-9)6-12-7-11(13)8-14-15-12/h2-5,7-8H,6H2,1H3. The molecule has 2 rings (SSSR count). The largest absolute Gasteiger partial charge is 0.158 e. The number of rotatable bonds is 2. The van der Waals surface area contributed by atoms with Gasteiger partial charge in [-0.3, -0.25) is 0 Å². The highest BCUT2D eigenvalue weighted by Crippen LogP contribution is 2.12. The molecule has 0 aliphatic carbocycles. The van der Waals surface area contributed by atoms with Gasteiger partial charge in [-0.05, 0) is 34.5 Å². The molecular formula is C12H11BrN2. The van der Waals surface area contributed by atoms with E-state index in [1.54, 1.807) is 6.20 Å². The number of halogens is 1. The molecule has 1 aromatic carbocycles. The van der Waals surface area contributed by atoms with Crippen molar-refractivity contribution in [3.8, 4) is 0 Å². The zero-order valence-electron chi connectivity index (χ0n) is 8.44. The summed E-state index contributed by atoms with van der Waals surface area (Å²) in [6.45, 7) is 2.09. The Morgan fingerprint density at radius 3 is 2.60 bits per heavy atom. The highest BCUT2D eigenvalue weighted by Gasteiger charge is 1.98. The molecule has 1 heterocycles. The molecule has 76 valence electrons. The smallest absolute Gasteiger partial charge is 0.0686 e. The first-order valence-corrected chi connectivity index (χ1v) is 5.56. The van der Waals surface area contributed by atoms with Crippen molar-refractivity contribution in [1.82, 2.24) is 10.2 Å². The Hall–Kier alpha value is -1.22. The predicted molar refractivity (Wildman–Crippen MR) is 63.7 cm³/mol. The van der Waals surface area contributed by atoms with Crippen molar-refractivity contribution in [3.05, 3.63) is 57.8 Å². The van der Waals surface area contributed by atoms with Crippen LogP contribution in [0.2, 0.25) is 0 Å². The van der Waals surface area contributed by atoms with Gasteiger partial charge in [0.1, 0.15) is 0 Å². The second kappa shape index (κ2) is 4.53. The van der Waals surface area contributed by atoms with Crippen LogP contribution in [0.4, 0.5) is 0 Å². The molecule has 2 aromatic rings. The molecule has 0 aliphatic rings. The predicted octanol–water partition coefficient (Wildman–Crippen LogP) is 3.14. The number of aromatic nitrogens is 2. The number of aryl methyl sites for hydroxylation is 1. The third kappa shape index (κ3) is 2.86. The number of nitrogens with zero attached hydrogens (tertiary/aromatic N) is 2. The van der Waals surface area contributed by atoms with E-state index in [1.165, 1.54) is 11.1 Å². The van der Waals surface area contributed by atoms with E-state index < -0.39 is 0 Å². The monoisotopic (exact) mass is 262 g/mol. The molecule has 0 unspecified atom stereocenters. The molecule has 0 bridgehead atoms. The lowest BCUT2D eigenvalue weighted by atomic mass is 10.1. The number of hydrogen-bond donors (Lipinski definition) is 0. The van der Waals surface area contributed by atoms with Gasteiger partial charge in [0.25, 0.3) is 0 Å². The summed E-state index contributed by atoms with van der Waals surface area (Å²) < 4.78 is 0.972. The van der Waals surface area contributed by atoms with Gasteiger partial charge in [-0.25, -0.2) is 0 Å². The lowest BCUT2D eigenvalue weighted by molar-refractivity contribution is 0.930. The van der Waals surface area contributed by atoms with Crippen molar-refractivity contribution in [2.45, 2.75) is 13.3 Å². The molecule has 3 heteroatoms. The summed E-state index contributed by atoms with van der Waals surface area (Å²) in [6.07, 6.45) is 2.52. The Balaban J connectivity index is 2.18. The second-order valence-electron chi connectivity index (χ2n) is 3.53. The lowest BCUT2D eigenvalue weighted by Gasteiger charge is -2.01. The molecule has 0 amide bonds. The summed E-state index contributed by atoms with van der Waals surface area (Å²) in [5.74, 6) is 0. The van der Waals surface area contributed by atoms with Gasteiger partial charge in [-0.1, -0.05) is 29.8 Å². The lowest BCUT2D eigenvalue weighted by Crippen LogP contribution is -1.94. The van der Waals surface area contributed by atoms with E-state index in [0.717, 1.165) is 16.6 Å². The van der Waals surface area contributed by atoms with Crippen molar-refractivity contribution in [2.75, 3.05) is 0 Å². The highest BCUT2D eigenvalue weighted by atomic mass is 79.9. The van der Waals surface area contributed by atoms with Crippen molar-refractivity contribution in [1.29, 1.82) is 0 Å². The van der Waals surface area contributed by atoms with Crippen LogP contribution in [0, 0.1) is 6.92 Å². The van der Waals surface area contributed by atoms with E-state index in [4.69, 9.17) is 0 Å². The molecule has 2 nitrogen and oxygen atoms in total. The van der Waals surface area contributed by atoms with Gasteiger partial charge in [0.2, 0.25) is 0 Å². The summed E-state index contributed by atoms with van der Waals surface area (Å²) in [4.78, 5) is 0. The van der Waals surface area contributed by atoms with E-state index in [9.17, 15) is 0 Å². The maximum Gasteiger partial charge on any atom is 0.0686 e. The molecule has 0 N–H and O–H groups in total. The van der Waals surface area contributed by atoms with Gasteiger partial charge in [0.05, 0.1) is 11.9 Å². The highest BCUT2D eigenvalue weighted by molar-refractivity contribution is 9.10. The van der Waals surface area contributed by atoms with Crippen LogP contribution in [0.3, 0.4) is 0 Å². The summed E-state index contributed by atoms with van der Waals surface area (Å²) in [6, 6.07) is 10.5. The fourth-order valence-electron chi connectivity index (χ4n) is 1.38. The van der Waals surface area contributed by atoms with Crippen LogP contribution < -0.4 is 0 Å². The maximum absolute atomic E-state index is 4.08. The Labute approximate surface area is 97.5 Å². The SMILES string of the molecule is Cc1ccc(Cc2cc(Br)cnn2)cc1. The molecule has 0 saturated heterocycles. The topological polar surface area (TPSA) is 25.8 Å². The first-order chi connectivity index (χ1) is 7.24. The molecule has 0 radical (unpaired) electrons. The van der Waals surface area contributed by atoms with E-state index >= 15 is 0 Å². The van der Waals surface area contributed by atoms with E-state index in [-0.39, 0.29) is 0 Å². The number of hydrogen-bond acceptors (Lipinski definition) is 2. The fourth-order valence-corrected chi connectivity index (χ4v) is 1.74. The second-order valence-corrected chi connectivity index (χ2v) is 4.44. The zero-order chi connectivity index (χ0) is 10.7. The van der Waals surface area contributed by atoms with Gasteiger partial charge in [-0.2, -0.15) is 10.2 Å². The molecule has 15 heavy (non-hydrogen) atoms. The average molecular weight is 263 g/mol. The molecular weight excluding hydrogens is 252 g/mol. The molecule has 0 fully saturated rings. The first-order valence-electron chi connectivity index (χ1n) is 4.77. The van der Waals surface area contributed by atoms with E-state index in [0.29, 0.717) is 0 Å². The van der Waals surface area contributed by atoms with E-state index in [2.05, 4.69) is 57.3 Å². The van der Waals surface area contributed by atoms with Crippen LogP contribution in [-0.2, 0) is 6.42 Å². The minimum Gasteiger partial charge on any atom is -0.158 e. The molecule has 1 aromatic heterocycles. The van der Waals surface area contributed by atoms with Gasteiger partial charge >= 0.3 is 0 Å². The molecule has 0 atom stereocenters. The van der Waals surface area contributed by atoms with Crippen LogP contribution in [0.1, 0.15) is 16.8 Å². The van der Waals surface area contributed by atoms with Gasteiger partial charge in [0, 0.05) is 10.9 Å². The first kappa shape index (κ1) is 10.3. The zero-order valence-corrected chi connectivity index (χ0v) is 10.0. The molecule has 0 saturated carbocycles. The van der Waals surface area contributed by atoms with Gasteiger partial charge in [0.15, 0.2) is 0 Å². The van der Waals surface area contributed by atoms with Crippen LogP contribution >= 0.6 is 15.9 Å². The van der Waals surface area contributed by atoms with Crippen LogP contribution in [-0.4, -0.2) is 10.2 Å². The van der Waals surface area contributed by atoms with Crippen LogP contribution in [0.5, 0.6) is 0 Å². The van der Waals surface area contributed by atoms with Crippen LogP contribution in [0.25, 0.3) is 0 Å². The summed E-state index contributed by atoms with van der Waals surface area (Å²) in [5, 5.41) is 7.98. The maximum atomic E-state index is 4.08. The van der Waals surface area contributed by atoms with Crippen molar-refractivity contribution < 1.29 is 0 Å². The Bertz CT molecular complexity index is 451. The molecule has 0 aliphatic heterocycles. The van der Waals surface area contributed by atoms with Crippen molar-refractivity contribution in [3.63, 3.8) is 0 Å². The Morgan fingerprint density at radius 2 is 1.93 bits per heavy atom.